The summed E-state index contributed by atoms with van der Waals surface area (Å²) in [4.78, 5) is 0.0971. The Morgan fingerprint density at radius 1 is 0.781 bits per heavy atom. The summed E-state index contributed by atoms with van der Waals surface area (Å²) in [7, 11) is -6.57. The third-order valence-electron chi connectivity index (χ3n) is 4.02. The average Bonchev–Trinajstić information content (AvgIpc) is 2.75. The molecule has 0 aliphatic carbocycles. The van der Waals surface area contributed by atoms with Crippen LogP contribution in [0.1, 0.15) is 0 Å². The molecule has 0 aliphatic heterocycles. The maximum atomic E-state index is 12.9. The SMILES string of the molecule is COc1ccc(S(=O)(=O)Nc2cc(Cl)c(Cl)cc2SNS(=O)(=O)c2ccccc2)cc1Cl. The molecule has 13 heteroatoms. The smallest absolute Gasteiger partial charge is 0.261 e. The molecule has 0 bridgehead atoms. The lowest BCUT2D eigenvalue weighted by Crippen LogP contribution is -2.18. The molecule has 3 aromatic rings. The van der Waals surface area contributed by atoms with Crippen LogP contribution in [0.15, 0.2) is 75.4 Å². The van der Waals surface area contributed by atoms with E-state index in [0.29, 0.717) is 17.7 Å². The summed E-state index contributed by atoms with van der Waals surface area (Å²) in [5.41, 5.74) is 0.0205. The summed E-state index contributed by atoms with van der Waals surface area (Å²) in [6.45, 7) is 0. The third-order valence-corrected chi connectivity index (χ3v) is 9.06. The van der Waals surface area contributed by atoms with Crippen molar-refractivity contribution in [2.45, 2.75) is 14.7 Å². The van der Waals surface area contributed by atoms with Crippen LogP contribution in [0.3, 0.4) is 0 Å². The number of halogens is 3. The van der Waals surface area contributed by atoms with Crippen LogP contribution in [-0.4, -0.2) is 23.9 Å². The van der Waals surface area contributed by atoms with E-state index in [9.17, 15) is 16.8 Å². The van der Waals surface area contributed by atoms with Gasteiger partial charge in [-0.25, -0.2) is 16.8 Å². The normalized spacial score (nSPS) is 11.9. The van der Waals surface area contributed by atoms with Crippen LogP contribution in [0.4, 0.5) is 5.69 Å². The van der Waals surface area contributed by atoms with Crippen LogP contribution in [-0.2, 0) is 20.0 Å². The Bertz CT molecular complexity index is 1350. The highest BCUT2D eigenvalue weighted by Gasteiger charge is 2.21. The first-order chi connectivity index (χ1) is 15.0. The zero-order valence-electron chi connectivity index (χ0n) is 16.2. The van der Waals surface area contributed by atoms with E-state index < -0.39 is 20.0 Å². The van der Waals surface area contributed by atoms with Crippen molar-refractivity contribution >= 4 is 72.5 Å². The van der Waals surface area contributed by atoms with Crippen molar-refractivity contribution in [3.05, 3.63) is 75.7 Å². The molecule has 3 aromatic carbocycles. The quantitative estimate of drug-likeness (QED) is 0.360. The van der Waals surface area contributed by atoms with Gasteiger partial charge in [0.2, 0.25) is 10.0 Å². The van der Waals surface area contributed by atoms with E-state index in [-0.39, 0.29) is 35.4 Å². The Labute approximate surface area is 205 Å². The molecule has 0 radical (unpaired) electrons. The highest BCUT2D eigenvalue weighted by Crippen LogP contribution is 2.36. The van der Waals surface area contributed by atoms with Crippen molar-refractivity contribution < 1.29 is 21.6 Å². The van der Waals surface area contributed by atoms with E-state index in [1.54, 1.807) is 18.2 Å². The molecular weight excluding hydrogens is 539 g/mol. The van der Waals surface area contributed by atoms with Gasteiger partial charge in [0, 0.05) is 4.90 Å². The Morgan fingerprint density at radius 3 is 2.06 bits per heavy atom. The third kappa shape index (κ3) is 5.82. The Kier molecular flexibility index (Phi) is 7.87. The molecule has 0 unspecified atom stereocenters. The fourth-order valence-electron chi connectivity index (χ4n) is 2.46. The number of sulfonamides is 2. The average molecular weight is 554 g/mol. The Morgan fingerprint density at radius 2 is 1.44 bits per heavy atom. The Hall–Kier alpha value is -1.66. The predicted molar refractivity (Wildman–Crippen MR) is 128 cm³/mol. The maximum Gasteiger partial charge on any atom is 0.261 e. The predicted octanol–water partition coefficient (Wildman–Crippen LogP) is 5.44. The van der Waals surface area contributed by atoms with Gasteiger partial charge in [0.1, 0.15) is 5.75 Å². The van der Waals surface area contributed by atoms with Crippen LogP contribution in [0.2, 0.25) is 15.1 Å². The number of nitrogens with one attached hydrogen (secondary N) is 2. The van der Waals surface area contributed by atoms with E-state index in [2.05, 4.69) is 8.85 Å². The van der Waals surface area contributed by atoms with Gasteiger partial charge in [-0.2, -0.15) is 0 Å². The lowest BCUT2D eigenvalue weighted by Gasteiger charge is -2.15. The van der Waals surface area contributed by atoms with Crippen molar-refractivity contribution in [2.75, 3.05) is 11.8 Å². The molecule has 0 fully saturated rings. The van der Waals surface area contributed by atoms with E-state index in [4.69, 9.17) is 39.5 Å². The van der Waals surface area contributed by atoms with Gasteiger partial charge < -0.3 is 4.74 Å². The number of anilines is 1. The molecule has 0 amide bonds. The van der Waals surface area contributed by atoms with Crippen LogP contribution in [0.5, 0.6) is 5.75 Å². The summed E-state index contributed by atoms with van der Waals surface area (Å²) >= 11 is 18.8. The van der Waals surface area contributed by atoms with Gasteiger partial charge >= 0.3 is 0 Å². The van der Waals surface area contributed by atoms with Crippen molar-refractivity contribution in [3.8, 4) is 5.75 Å². The minimum absolute atomic E-state index is 0.0205. The Balaban J connectivity index is 1.92. The van der Waals surface area contributed by atoms with Crippen molar-refractivity contribution in [1.29, 1.82) is 0 Å². The molecule has 170 valence electrons. The number of rotatable bonds is 8. The highest BCUT2D eigenvalue weighted by atomic mass is 35.5. The van der Waals surface area contributed by atoms with Gasteiger partial charge in [-0.3, -0.25) is 4.72 Å². The summed E-state index contributed by atoms with van der Waals surface area (Å²) in [5, 5.41) is 0.297. The molecule has 0 saturated carbocycles. The lowest BCUT2D eigenvalue weighted by molar-refractivity contribution is 0.414. The monoisotopic (exact) mass is 552 g/mol. The van der Waals surface area contributed by atoms with Gasteiger partial charge in [0.05, 0.1) is 37.7 Å². The van der Waals surface area contributed by atoms with Gasteiger partial charge in [0.15, 0.2) is 0 Å². The molecule has 7 nitrogen and oxygen atoms in total. The van der Waals surface area contributed by atoms with Gasteiger partial charge in [-0.1, -0.05) is 53.0 Å². The summed E-state index contributed by atoms with van der Waals surface area (Å²) in [5.74, 6) is 0.312. The van der Waals surface area contributed by atoms with Gasteiger partial charge in [0.25, 0.3) is 10.0 Å². The molecule has 0 aromatic heterocycles. The van der Waals surface area contributed by atoms with Crippen LogP contribution < -0.4 is 13.6 Å². The maximum absolute atomic E-state index is 12.9. The molecule has 0 saturated heterocycles. The fraction of sp³-hybridized carbons (Fsp3) is 0.0526. The van der Waals surface area contributed by atoms with E-state index in [1.165, 1.54) is 49.6 Å². The highest BCUT2D eigenvalue weighted by molar-refractivity contribution is 8.09. The molecule has 0 aliphatic rings. The number of methoxy groups -OCH3 is 1. The number of benzene rings is 3. The van der Waals surface area contributed by atoms with Crippen molar-refractivity contribution in [2.24, 2.45) is 0 Å². The largest absolute Gasteiger partial charge is 0.495 e. The minimum atomic E-state index is -4.10. The standard InChI is InChI=1S/C19H15Cl3N2O5S3/c1-29-18-8-7-13(9-16(18)22)31(25,26)23-17-10-14(20)15(21)11-19(17)30-24-32(27,28)12-5-3-2-4-6-12/h2-11,23-24H,1H3. The van der Waals surface area contributed by atoms with Crippen molar-refractivity contribution in [3.63, 3.8) is 0 Å². The van der Waals surface area contributed by atoms with Gasteiger partial charge in [-0.05, 0) is 54.4 Å². The first-order valence-corrected chi connectivity index (χ1v) is 13.5. The summed E-state index contributed by atoms with van der Waals surface area (Å²) in [6, 6.07) is 14.3. The van der Waals surface area contributed by atoms with E-state index in [0.717, 1.165) is 0 Å². The molecule has 0 heterocycles. The number of hydrogen-bond donors (Lipinski definition) is 2. The number of hydrogen-bond acceptors (Lipinski definition) is 6. The topological polar surface area (TPSA) is 102 Å². The zero-order valence-corrected chi connectivity index (χ0v) is 20.9. The van der Waals surface area contributed by atoms with Crippen LogP contribution in [0, 0.1) is 0 Å². The molecule has 0 atom stereocenters. The van der Waals surface area contributed by atoms with Gasteiger partial charge in [-0.15, -0.1) is 4.13 Å². The van der Waals surface area contributed by atoms with Crippen molar-refractivity contribution in [1.82, 2.24) is 4.13 Å². The minimum Gasteiger partial charge on any atom is -0.495 e. The second-order valence-corrected chi connectivity index (χ2v) is 11.9. The molecule has 3 rings (SSSR count). The van der Waals surface area contributed by atoms with E-state index >= 15 is 0 Å². The second-order valence-electron chi connectivity index (χ2n) is 6.17. The molecular formula is C19H15Cl3N2O5S3. The summed E-state index contributed by atoms with van der Waals surface area (Å²) in [6.07, 6.45) is 0. The lowest BCUT2D eigenvalue weighted by atomic mass is 10.3. The van der Waals surface area contributed by atoms with E-state index in [1.807, 2.05) is 0 Å². The first-order valence-electron chi connectivity index (χ1n) is 8.62. The second kappa shape index (κ2) is 10.1. The zero-order chi connectivity index (χ0) is 23.5. The summed E-state index contributed by atoms with van der Waals surface area (Å²) < 4.78 is 60.6. The first kappa shape index (κ1) is 25.0. The molecule has 32 heavy (non-hydrogen) atoms. The molecule has 0 spiro atoms. The van der Waals surface area contributed by atoms with Crippen LogP contribution >= 0.6 is 46.8 Å². The number of ether oxygens (including phenoxy) is 1. The fourth-order valence-corrected chi connectivity index (χ4v) is 6.43. The molecule has 2 N–H and O–H groups in total. The van der Waals surface area contributed by atoms with Crippen LogP contribution in [0.25, 0.3) is 0 Å².